The highest BCUT2D eigenvalue weighted by Crippen LogP contribution is 2.40. The fourth-order valence-electron chi connectivity index (χ4n) is 3.74. The van der Waals surface area contributed by atoms with Crippen LogP contribution in [0, 0.1) is 0 Å². The van der Waals surface area contributed by atoms with Gasteiger partial charge in [-0.25, -0.2) is 9.97 Å². The van der Waals surface area contributed by atoms with Crippen LogP contribution < -0.4 is 4.74 Å². The van der Waals surface area contributed by atoms with Gasteiger partial charge in [0.05, 0.1) is 16.2 Å². The monoisotopic (exact) mass is 622 g/mol. The Labute approximate surface area is 231 Å². The number of halogens is 9. The molecular weight excluding hydrogens is 607 g/mol. The maximum atomic E-state index is 13.8. The van der Waals surface area contributed by atoms with Gasteiger partial charge in [0.1, 0.15) is 11.4 Å². The third-order valence-electron chi connectivity index (χ3n) is 5.58. The van der Waals surface area contributed by atoms with Crippen LogP contribution in [0.4, 0.5) is 39.5 Å². The lowest BCUT2D eigenvalue weighted by atomic mass is 10.0. The second-order valence-electron chi connectivity index (χ2n) is 8.66. The predicted octanol–water partition coefficient (Wildman–Crippen LogP) is 7.70. The van der Waals surface area contributed by atoms with E-state index < -0.39 is 74.2 Å². The average Bonchev–Trinajstić information content (AvgIpc) is 2.90. The van der Waals surface area contributed by atoms with Crippen molar-refractivity contribution in [3.05, 3.63) is 84.1 Å². The molecule has 0 radical (unpaired) electrons. The third-order valence-corrected chi connectivity index (χ3v) is 6.43. The first-order chi connectivity index (χ1) is 19.3. The Morgan fingerprint density at radius 1 is 0.690 bits per heavy atom. The molecule has 0 saturated heterocycles. The maximum absolute atomic E-state index is 13.8. The number of alkyl halides is 9. The molecule has 16 heteroatoms. The van der Waals surface area contributed by atoms with Crippen LogP contribution in [0.2, 0.25) is 0 Å². The SMILES string of the molecule is O=S(=O)(O)c1cccc(-c2cccc(-c3nc(-c4ccc(C(F)(F)F)c(OCC(F)(F)F)c4)cc(C(F)(F)F)n3)c2)c1. The summed E-state index contributed by atoms with van der Waals surface area (Å²) in [7, 11) is -4.57. The lowest BCUT2D eigenvalue weighted by molar-refractivity contribution is -0.158. The number of rotatable bonds is 6. The number of aromatic nitrogens is 2. The van der Waals surface area contributed by atoms with E-state index >= 15 is 0 Å². The standard InChI is InChI=1S/C26H15F9N2O4S/c27-24(28,29)13-41-21-11-16(7-8-19(21)25(30,31)32)20-12-22(26(33,34)35)37-23(36-20)17-5-1-3-14(9-17)15-4-2-6-18(10-15)42(38,39)40/h1-12H,13H2,(H,38,39,40). The molecule has 0 spiro atoms. The predicted molar refractivity (Wildman–Crippen MR) is 130 cm³/mol. The van der Waals surface area contributed by atoms with Crippen molar-refractivity contribution in [2.75, 3.05) is 6.61 Å². The summed E-state index contributed by atoms with van der Waals surface area (Å²) in [5, 5.41) is 0. The Balaban J connectivity index is 1.85. The topological polar surface area (TPSA) is 89.4 Å². The van der Waals surface area contributed by atoms with Gasteiger partial charge < -0.3 is 4.74 Å². The molecule has 0 atom stereocenters. The van der Waals surface area contributed by atoms with E-state index in [-0.39, 0.29) is 16.7 Å². The zero-order valence-corrected chi connectivity index (χ0v) is 21.3. The van der Waals surface area contributed by atoms with E-state index in [9.17, 15) is 52.5 Å². The maximum Gasteiger partial charge on any atom is 0.433 e. The summed E-state index contributed by atoms with van der Waals surface area (Å²) < 4.78 is 156. The van der Waals surface area contributed by atoms with Crippen molar-refractivity contribution < 1.29 is 57.2 Å². The highest BCUT2D eigenvalue weighted by molar-refractivity contribution is 7.85. The minimum atomic E-state index is -5.14. The van der Waals surface area contributed by atoms with Crippen LogP contribution >= 0.6 is 0 Å². The van der Waals surface area contributed by atoms with Crippen molar-refractivity contribution in [1.29, 1.82) is 0 Å². The number of benzene rings is 3. The van der Waals surface area contributed by atoms with Gasteiger partial charge >= 0.3 is 18.5 Å². The molecule has 1 N–H and O–H groups in total. The molecule has 0 aliphatic heterocycles. The average molecular weight is 622 g/mol. The van der Waals surface area contributed by atoms with Crippen molar-refractivity contribution in [3.8, 4) is 39.5 Å². The quantitative estimate of drug-likeness (QED) is 0.175. The molecule has 0 aliphatic carbocycles. The Kier molecular flexibility index (Phi) is 7.99. The summed E-state index contributed by atoms with van der Waals surface area (Å²) in [6.07, 6.45) is -15.2. The number of nitrogens with zero attached hydrogens (tertiary/aromatic N) is 2. The van der Waals surface area contributed by atoms with E-state index in [1.807, 2.05) is 0 Å². The van der Waals surface area contributed by atoms with E-state index in [1.165, 1.54) is 36.4 Å². The zero-order valence-electron chi connectivity index (χ0n) is 20.5. The first-order valence-electron chi connectivity index (χ1n) is 11.4. The Morgan fingerprint density at radius 3 is 1.90 bits per heavy atom. The molecule has 4 rings (SSSR count). The van der Waals surface area contributed by atoms with Crippen molar-refractivity contribution in [2.45, 2.75) is 23.4 Å². The van der Waals surface area contributed by atoms with Crippen LogP contribution in [-0.2, 0) is 22.5 Å². The van der Waals surface area contributed by atoms with Gasteiger partial charge in [-0.15, -0.1) is 0 Å². The summed E-state index contributed by atoms with van der Waals surface area (Å²) in [5.74, 6) is -1.82. The summed E-state index contributed by atoms with van der Waals surface area (Å²) in [4.78, 5) is 7.07. The van der Waals surface area contributed by atoms with Gasteiger partial charge in [-0.3, -0.25) is 4.55 Å². The van der Waals surface area contributed by atoms with Gasteiger partial charge in [-0.05, 0) is 47.5 Å². The van der Waals surface area contributed by atoms with E-state index in [4.69, 9.17) is 0 Å². The number of hydrogen-bond donors (Lipinski definition) is 1. The molecule has 0 amide bonds. The molecule has 1 aromatic heterocycles. The molecular formula is C26H15F9N2O4S. The Hall–Kier alpha value is -4.18. The molecule has 6 nitrogen and oxygen atoms in total. The first-order valence-corrected chi connectivity index (χ1v) is 12.8. The van der Waals surface area contributed by atoms with E-state index in [2.05, 4.69) is 14.7 Å². The molecule has 3 aromatic carbocycles. The van der Waals surface area contributed by atoms with E-state index in [0.717, 1.165) is 18.2 Å². The molecule has 0 aliphatic rings. The van der Waals surface area contributed by atoms with E-state index in [1.54, 1.807) is 0 Å². The van der Waals surface area contributed by atoms with Crippen LogP contribution in [0.3, 0.4) is 0 Å². The molecule has 4 aromatic rings. The lowest BCUT2D eigenvalue weighted by Crippen LogP contribution is -2.21. The summed E-state index contributed by atoms with van der Waals surface area (Å²) in [5.41, 5.74) is -3.59. The number of hydrogen-bond acceptors (Lipinski definition) is 5. The Bertz CT molecular complexity index is 1740. The molecule has 0 fully saturated rings. The van der Waals surface area contributed by atoms with E-state index in [0.29, 0.717) is 18.2 Å². The van der Waals surface area contributed by atoms with Crippen molar-refractivity contribution in [3.63, 3.8) is 0 Å². The van der Waals surface area contributed by atoms with Gasteiger partial charge in [-0.2, -0.15) is 47.9 Å². The second-order valence-corrected chi connectivity index (χ2v) is 10.1. The molecule has 0 unspecified atom stereocenters. The molecule has 222 valence electrons. The van der Waals surface area contributed by atoms with Crippen LogP contribution in [0.25, 0.3) is 33.8 Å². The van der Waals surface area contributed by atoms with Crippen LogP contribution in [0.1, 0.15) is 11.3 Å². The van der Waals surface area contributed by atoms with Crippen molar-refractivity contribution in [2.24, 2.45) is 0 Å². The summed E-state index contributed by atoms with van der Waals surface area (Å²) in [6.45, 7) is -2.09. The third kappa shape index (κ3) is 7.36. The molecule has 1 heterocycles. The number of ether oxygens (including phenoxy) is 1. The fraction of sp³-hybridized carbons (Fsp3) is 0.154. The zero-order chi connectivity index (χ0) is 31.1. The van der Waals surface area contributed by atoms with Gasteiger partial charge in [0.2, 0.25) is 0 Å². The van der Waals surface area contributed by atoms with Gasteiger partial charge in [0.15, 0.2) is 12.4 Å². The Morgan fingerprint density at radius 2 is 1.31 bits per heavy atom. The largest absolute Gasteiger partial charge is 0.483 e. The highest BCUT2D eigenvalue weighted by atomic mass is 32.2. The summed E-state index contributed by atoms with van der Waals surface area (Å²) in [6, 6.07) is 12.5. The van der Waals surface area contributed by atoms with Gasteiger partial charge in [-0.1, -0.05) is 36.4 Å². The highest BCUT2D eigenvalue weighted by Gasteiger charge is 2.37. The second kappa shape index (κ2) is 10.9. The smallest absolute Gasteiger partial charge is 0.433 e. The first kappa shape index (κ1) is 30.8. The van der Waals surface area contributed by atoms with Crippen molar-refractivity contribution >= 4 is 10.1 Å². The summed E-state index contributed by atoms with van der Waals surface area (Å²) >= 11 is 0. The normalized spacial score (nSPS) is 12.8. The fourth-order valence-corrected chi connectivity index (χ4v) is 4.26. The van der Waals surface area contributed by atoms with Crippen LogP contribution in [-0.4, -0.2) is 35.7 Å². The molecule has 0 saturated carbocycles. The minimum Gasteiger partial charge on any atom is -0.483 e. The van der Waals surface area contributed by atoms with Gasteiger partial charge in [0, 0.05) is 11.1 Å². The molecule has 0 bridgehead atoms. The van der Waals surface area contributed by atoms with Gasteiger partial charge in [0.25, 0.3) is 10.1 Å². The minimum absolute atomic E-state index is 0.0300. The van der Waals surface area contributed by atoms with Crippen LogP contribution in [0.5, 0.6) is 5.75 Å². The molecule has 42 heavy (non-hydrogen) atoms. The van der Waals surface area contributed by atoms with Crippen LogP contribution in [0.15, 0.2) is 77.7 Å². The lowest BCUT2D eigenvalue weighted by Gasteiger charge is -2.17. The van der Waals surface area contributed by atoms with Crippen molar-refractivity contribution in [1.82, 2.24) is 9.97 Å².